The van der Waals surface area contributed by atoms with Crippen LogP contribution in [0.15, 0.2) is 6.07 Å². The molecule has 1 aliphatic rings. The molecule has 0 radical (unpaired) electrons. The van der Waals surface area contributed by atoms with Crippen LogP contribution in [0.3, 0.4) is 0 Å². The SMILES string of the molecule is Cc1cc(C)c(C(N)CC2CCCC2)s1. The van der Waals surface area contributed by atoms with Gasteiger partial charge in [0.05, 0.1) is 0 Å². The maximum Gasteiger partial charge on any atom is 0.0395 e. The Morgan fingerprint density at radius 2 is 2.07 bits per heavy atom. The molecular weight excluding hydrogens is 202 g/mol. The molecule has 1 fully saturated rings. The molecule has 2 rings (SSSR count). The first kappa shape index (κ1) is 11.2. The minimum Gasteiger partial charge on any atom is -0.323 e. The van der Waals surface area contributed by atoms with Gasteiger partial charge in [0, 0.05) is 15.8 Å². The van der Waals surface area contributed by atoms with Crippen LogP contribution in [0.1, 0.15) is 53.5 Å². The van der Waals surface area contributed by atoms with Crippen LogP contribution in [0.2, 0.25) is 0 Å². The lowest BCUT2D eigenvalue weighted by Gasteiger charge is -2.15. The minimum atomic E-state index is 0.284. The fourth-order valence-corrected chi connectivity index (χ4v) is 3.79. The van der Waals surface area contributed by atoms with E-state index in [1.807, 2.05) is 11.3 Å². The van der Waals surface area contributed by atoms with Crippen molar-refractivity contribution in [1.29, 1.82) is 0 Å². The predicted octanol–water partition coefficient (Wildman–Crippen LogP) is 3.95. The maximum atomic E-state index is 6.30. The van der Waals surface area contributed by atoms with Crippen LogP contribution in [0.4, 0.5) is 0 Å². The van der Waals surface area contributed by atoms with E-state index in [9.17, 15) is 0 Å². The maximum absolute atomic E-state index is 6.30. The topological polar surface area (TPSA) is 26.0 Å². The third-order valence-corrected chi connectivity index (χ3v) is 4.76. The number of hydrogen-bond donors (Lipinski definition) is 1. The van der Waals surface area contributed by atoms with Gasteiger partial charge in [0.15, 0.2) is 0 Å². The molecule has 0 bridgehead atoms. The van der Waals surface area contributed by atoms with Gasteiger partial charge in [-0.3, -0.25) is 0 Å². The average Bonchev–Trinajstić information content (AvgIpc) is 2.75. The van der Waals surface area contributed by atoms with Gasteiger partial charge < -0.3 is 5.73 Å². The summed E-state index contributed by atoms with van der Waals surface area (Å²) in [5.74, 6) is 0.891. The van der Waals surface area contributed by atoms with E-state index in [0.717, 1.165) is 5.92 Å². The summed E-state index contributed by atoms with van der Waals surface area (Å²) in [4.78, 5) is 2.81. The second-order valence-electron chi connectivity index (χ2n) is 4.90. The van der Waals surface area contributed by atoms with E-state index in [-0.39, 0.29) is 6.04 Å². The molecule has 1 atom stereocenters. The molecule has 0 saturated heterocycles. The van der Waals surface area contributed by atoms with Crippen LogP contribution in [-0.2, 0) is 0 Å². The second kappa shape index (κ2) is 4.67. The molecule has 0 spiro atoms. The van der Waals surface area contributed by atoms with Crippen molar-refractivity contribution in [1.82, 2.24) is 0 Å². The zero-order valence-corrected chi connectivity index (χ0v) is 10.6. The fourth-order valence-electron chi connectivity index (χ4n) is 2.74. The van der Waals surface area contributed by atoms with Gasteiger partial charge in [-0.05, 0) is 37.8 Å². The molecule has 1 aliphatic carbocycles. The molecule has 1 unspecified atom stereocenters. The highest BCUT2D eigenvalue weighted by atomic mass is 32.1. The molecule has 0 amide bonds. The fraction of sp³-hybridized carbons (Fsp3) is 0.692. The Kier molecular flexibility index (Phi) is 3.47. The molecule has 15 heavy (non-hydrogen) atoms. The smallest absolute Gasteiger partial charge is 0.0395 e. The zero-order valence-electron chi connectivity index (χ0n) is 9.75. The minimum absolute atomic E-state index is 0.284. The Hall–Kier alpha value is -0.340. The first-order valence-corrected chi connectivity index (χ1v) is 6.81. The van der Waals surface area contributed by atoms with Gasteiger partial charge >= 0.3 is 0 Å². The Bertz CT molecular complexity index is 323. The molecule has 1 nitrogen and oxygen atoms in total. The van der Waals surface area contributed by atoms with Crippen LogP contribution in [0.25, 0.3) is 0 Å². The van der Waals surface area contributed by atoms with Crippen LogP contribution >= 0.6 is 11.3 Å². The molecule has 2 N–H and O–H groups in total. The van der Waals surface area contributed by atoms with E-state index in [2.05, 4.69) is 19.9 Å². The highest BCUT2D eigenvalue weighted by molar-refractivity contribution is 7.12. The summed E-state index contributed by atoms with van der Waals surface area (Å²) >= 11 is 1.88. The lowest BCUT2D eigenvalue weighted by molar-refractivity contribution is 0.453. The summed E-state index contributed by atoms with van der Waals surface area (Å²) in [6.45, 7) is 4.36. The standard InChI is InChI=1S/C13H21NS/c1-9-7-10(2)15-13(9)12(14)8-11-5-3-4-6-11/h7,11-12H,3-6,8,14H2,1-2H3. The quantitative estimate of drug-likeness (QED) is 0.825. The van der Waals surface area contributed by atoms with Gasteiger partial charge in [0.2, 0.25) is 0 Å². The number of nitrogens with two attached hydrogens (primary N) is 1. The third kappa shape index (κ3) is 2.61. The van der Waals surface area contributed by atoms with Crippen molar-refractivity contribution in [3.8, 4) is 0 Å². The average molecular weight is 223 g/mol. The zero-order chi connectivity index (χ0) is 10.8. The largest absolute Gasteiger partial charge is 0.323 e. The second-order valence-corrected chi connectivity index (χ2v) is 6.18. The number of hydrogen-bond acceptors (Lipinski definition) is 2. The molecule has 1 aromatic heterocycles. The van der Waals surface area contributed by atoms with Crippen molar-refractivity contribution < 1.29 is 0 Å². The summed E-state index contributed by atoms with van der Waals surface area (Å²) in [5.41, 5.74) is 7.69. The molecule has 1 aromatic rings. The van der Waals surface area contributed by atoms with Crippen molar-refractivity contribution in [2.45, 2.75) is 52.0 Å². The number of thiophene rings is 1. The van der Waals surface area contributed by atoms with E-state index in [1.165, 1.54) is 47.4 Å². The number of rotatable bonds is 3. The summed E-state index contributed by atoms with van der Waals surface area (Å²) in [5, 5.41) is 0. The van der Waals surface area contributed by atoms with Gasteiger partial charge in [-0.25, -0.2) is 0 Å². The lowest BCUT2D eigenvalue weighted by atomic mass is 9.97. The highest BCUT2D eigenvalue weighted by Crippen LogP contribution is 2.35. The van der Waals surface area contributed by atoms with Gasteiger partial charge in [-0.2, -0.15) is 0 Å². The first-order chi connectivity index (χ1) is 7.16. The van der Waals surface area contributed by atoms with E-state index < -0.39 is 0 Å². The molecular formula is C13H21NS. The van der Waals surface area contributed by atoms with Crippen LogP contribution in [0.5, 0.6) is 0 Å². The lowest BCUT2D eigenvalue weighted by Crippen LogP contribution is -2.13. The van der Waals surface area contributed by atoms with Crippen LogP contribution in [0, 0.1) is 19.8 Å². The van der Waals surface area contributed by atoms with E-state index in [1.54, 1.807) is 0 Å². The normalized spacial score (nSPS) is 19.7. The van der Waals surface area contributed by atoms with Crippen molar-refractivity contribution in [2.75, 3.05) is 0 Å². The van der Waals surface area contributed by atoms with Crippen molar-refractivity contribution in [3.05, 3.63) is 21.4 Å². The van der Waals surface area contributed by atoms with Crippen molar-refractivity contribution in [2.24, 2.45) is 11.7 Å². The predicted molar refractivity (Wildman–Crippen MR) is 67.3 cm³/mol. The van der Waals surface area contributed by atoms with Crippen LogP contribution < -0.4 is 5.73 Å². The van der Waals surface area contributed by atoms with Gasteiger partial charge in [0.1, 0.15) is 0 Å². The Morgan fingerprint density at radius 1 is 1.40 bits per heavy atom. The third-order valence-electron chi connectivity index (χ3n) is 3.48. The molecule has 2 heteroatoms. The molecule has 84 valence electrons. The molecule has 0 aromatic carbocycles. The molecule has 0 aliphatic heterocycles. The summed E-state index contributed by atoms with van der Waals surface area (Å²) in [6, 6.07) is 2.54. The van der Waals surface area contributed by atoms with Crippen LogP contribution in [-0.4, -0.2) is 0 Å². The summed E-state index contributed by atoms with van der Waals surface area (Å²) < 4.78 is 0. The highest BCUT2D eigenvalue weighted by Gasteiger charge is 2.20. The van der Waals surface area contributed by atoms with Crippen molar-refractivity contribution >= 4 is 11.3 Å². The molecule has 1 saturated carbocycles. The van der Waals surface area contributed by atoms with Gasteiger partial charge in [-0.1, -0.05) is 25.7 Å². The summed E-state index contributed by atoms with van der Waals surface area (Å²) in [6.07, 6.45) is 6.83. The molecule has 1 heterocycles. The Labute approximate surface area is 96.7 Å². The van der Waals surface area contributed by atoms with Gasteiger partial charge in [0.25, 0.3) is 0 Å². The number of aryl methyl sites for hydroxylation is 2. The van der Waals surface area contributed by atoms with Gasteiger partial charge in [-0.15, -0.1) is 11.3 Å². The van der Waals surface area contributed by atoms with E-state index in [4.69, 9.17) is 5.73 Å². The van der Waals surface area contributed by atoms with E-state index >= 15 is 0 Å². The van der Waals surface area contributed by atoms with E-state index in [0.29, 0.717) is 0 Å². The monoisotopic (exact) mass is 223 g/mol. The van der Waals surface area contributed by atoms with Crippen molar-refractivity contribution in [3.63, 3.8) is 0 Å². The summed E-state index contributed by atoms with van der Waals surface area (Å²) in [7, 11) is 0. The Balaban J connectivity index is 2.00. The first-order valence-electron chi connectivity index (χ1n) is 5.99. The Morgan fingerprint density at radius 3 is 2.60 bits per heavy atom.